The lowest BCUT2D eigenvalue weighted by Gasteiger charge is -2.21. The van der Waals surface area contributed by atoms with E-state index in [0.717, 1.165) is 29.5 Å². The fourth-order valence-electron chi connectivity index (χ4n) is 2.46. The molecular weight excluding hydrogens is 262 g/mol. The third kappa shape index (κ3) is 2.42. The van der Waals surface area contributed by atoms with Crippen molar-refractivity contribution >= 4 is 23.0 Å². The highest BCUT2D eigenvalue weighted by Gasteiger charge is 2.14. The fraction of sp³-hybridized carbons (Fsp3) is 0.250. The molecule has 3 rings (SSSR count). The lowest BCUT2D eigenvalue weighted by atomic mass is 10.2. The largest absolute Gasteiger partial charge is 0.369 e. The van der Waals surface area contributed by atoms with Crippen molar-refractivity contribution < 1.29 is 0 Å². The van der Waals surface area contributed by atoms with Gasteiger partial charge in [0.05, 0.1) is 6.20 Å². The Hall–Kier alpha value is -2.56. The Morgan fingerprint density at radius 3 is 2.86 bits per heavy atom. The average molecular weight is 281 g/mol. The molecule has 0 saturated carbocycles. The molecule has 108 valence electrons. The van der Waals surface area contributed by atoms with E-state index >= 15 is 0 Å². The van der Waals surface area contributed by atoms with Crippen LogP contribution in [-0.4, -0.2) is 28.0 Å². The molecule has 21 heavy (non-hydrogen) atoms. The molecule has 0 radical (unpaired) electrons. The number of para-hydroxylation sites is 1. The van der Waals surface area contributed by atoms with E-state index in [9.17, 15) is 0 Å². The van der Waals surface area contributed by atoms with E-state index in [-0.39, 0.29) is 0 Å². The molecule has 0 bridgehead atoms. The molecule has 0 atom stereocenters. The number of nitrogens with zero attached hydrogens (tertiary/aromatic N) is 4. The van der Waals surface area contributed by atoms with Crippen molar-refractivity contribution in [3.8, 4) is 0 Å². The average Bonchev–Trinajstić information content (AvgIpc) is 2.95. The first-order chi connectivity index (χ1) is 10.2. The number of imidazole rings is 1. The summed E-state index contributed by atoms with van der Waals surface area (Å²) in [5, 5.41) is 3.26. The SMILES string of the molecule is CCNc1cn2ccnc2c(N(C)c2ccccc2C)n1. The van der Waals surface area contributed by atoms with Gasteiger partial charge in [0, 0.05) is 31.7 Å². The molecule has 1 aromatic carbocycles. The maximum absolute atomic E-state index is 4.71. The molecule has 2 heterocycles. The molecule has 3 aromatic rings. The monoisotopic (exact) mass is 281 g/mol. The van der Waals surface area contributed by atoms with Crippen LogP contribution in [0.15, 0.2) is 42.9 Å². The highest BCUT2D eigenvalue weighted by Crippen LogP contribution is 2.28. The van der Waals surface area contributed by atoms with Crippen LogP contribution in [0.2, 0.25) is 0 Å². The van der Waals surface area contributed by atoms with E-state index in [1.807, 2.05) is 36.0 Å². The number of nitrogens with one attached hydrogen (secondary N) is 1. The van der Waals surface area contributed by atoms with Crippen LogP contribution < -0.4 is 10.2 Å². The highest BCUT2D eigenvalue weighted by atomic mass is 15.2. The zero-order valence-electron chi connectivity index (χ0n) is 12.5. The van der Waals surface area contributed by atoms with Gasteiger partial charge in [0.15, 0.2) is 11.5 Å². The van der Waals surface area contributed by atoms with Crippen molar-refractivity contribution in [3.05, 3.63) is 48.4 Å². The first-order valence-electron chi connectivity index (χ1n) is 7.07. The third-order valence-electron chi connectivity index (χ3n) is 3.51. The summed E-state index contributed by atoms with van der Waals surface area (Å²) >= 11 is 0. The van der Waals surface area contributed by atoms with Crippen molar-refractivity contribution in [1.82, 2.24) is 14.4 Å². The summed E-state index contributed by atoms with van der Waals surface area (Å²) in [6.45, 7) is 4.99. The third-order valence-corrected chi connectivity index (χ3v) is 3.51. The smallest absolute Gasteiger partial charge is 0.180 e. The standard InChI is InChI=1S/C16H19N5/c1-4-17-14-11-21-10-9-18-15(21)16(19-14)20(3)13-8-6-5-7-12(13)2/h5-11,17H,4H2,1-3H3. The molecule has 2 aromatic heterocycles. The molecule has 0 amide bonds. The van der Waals surface area contributed by atoms with Gasteiger partial charge in [0.2, 0.25) is 0 Å². The maximum atomic E-state index is 4.71. The first kappa shape index (κ1) is 13.4. The topological polar surface area (TPSA) is 45.5 Å². The molecule has 5 nitrogen and oxygen atoms in total. The van der Waals surface area contributed by atoms with Gasteiger partial charge in [-0.15, -0.1) is 0 Å². The van der Waals surface area contributed by atoms with Crippen molar-refractivity contribution in [2.75, 3.05) is 23.8 Å². The summed E-state index contributed by atoms with van der Waals surface area (Å²) in [4.78, 5) is 11.2. The van der Waals surface area contributed by atoms with E-state index in [1.54, 1.807) is 6.20 Å². The van der Waals surface area contributed by atoms with E-state index < -0.39 is 0 Å². The first-order valence-corrected chi connectivity index (χ1v) is 7.07. The van der Waals surface area contributed by atoms with Crippen molar-refractivity contribution in [2.24, 2.45) is 0 Å². The van der Waals surface area contributed by atoms with Crippen LogP contribution in [0.25, 0.3) is 5.65 Å². The van der Waals surface area contributed by atoms with E-state index in [0.29, 0.717) is 0 Å². The normalized spacial score (nSPS) is 10.8. The second-order valence-electron chi connectivity index (χ2n) is 4.98. The zero-order valence-corrected chi connectivity index (χ0v) is 12.5. The van der Waals surface area contributed by atoms with Crippen molar-refractivity contribution in [3.63, 3.8) is 0 Å². The molecule has 5 heteroatoms. The predicted octanol–water partition coefficient (Wildman–Crippen LogP) is 3.24. The number of aryl methyl sites for hydroxylation is 1. The molecule has 0 spiro atoms. The van der Waals surface area contributed by atoms with Gasteiger partial charge in [-0.3, -0.25) is 0 Å². The van der Waals surface area contributed by atoms with Crippen LogP contribution in [0.3, 0.4) is 0 Å². The van der Waals surface area contributed by atoms with Gasteiger partial charge in [-0.2, -0.15) is 0 Å². The minimum atomic E-state index is 0.834. The van der Waals surface area contributed by atoms with E-state index in [4.69, 9.17) is 4.98 Å². The van der Waals surface area contributed by atoms with E-state index in [1.165, 1.54) is 5.56 Å². The number of aromatic nitrogens is 3. The van der Waals surface area contributed by atoms with Crippen LogP contribution in [0, 0.1) is 6.92 Å². The second-order valence-corrected chi connectivity index (χ2v) is 4.98. The van der Waals surface area contributed by atoms with Crippen LogP contribution >= 0.6 is 0 Å². The number of rotatable bonds is 4. The number of hydrogen-bond acceptors (Lipinski definition) is 4. The summed E-state index contributed by atoms with van der Waals surface area (Å²) in [6, 6.07) is 8.27. The summed E-state index contributed by atoms with van der Waals surface area (Å²) in [6.07, 6.45) is 5.69. The van der Waals surface area contributed by atoms with Gasteiger partial charge in [-0.25, -0.2) is 9.97 Å². The lowest BCUT2D eigenvalue weighted by Crippen LogP contribution is -2.15. The molecule has 0 unspecified atom stereocenters. The van der Waals surface area contributed by atoms with Gasteiger partial charge in [-0.05, 0) is 25.5 Å². The molecule has 1 N–H and O–H groups in total. The quantitative estimate of drug-likeness (QED) is 0.797. The highest BCUT2D eigenvalue weighted by molar-refractivity contribution is 5.74. The summed E-state index contributed by atoms with van der Waals surface area (Å²) in [7, 11) is 2.02. The summed E-state index contributed by atoms with van der Waals surface area (Å²) in [5.41, 5.74) is 3.19. The van der Waals surface area contributed by atoms with Gasteiger partial charge in [0.25, 0.3) is 0 Å². The maximum Gasteiger partial charge on any atom is 0.180 e. The van der Waals surface area contributed by atoms with Crippen LogP contribution in [0.5, 0.6) is 0 Å². The Morgan fingerprint density at radius 2 is 2.10 bits per heavy atom. The van der Waals surface area contributed by atoms with Crippen LogP contribution in [0.1, 0.15) is 12.5 Å². The molecule has 0 fully saturated rings. The molecular formula is C16H19N5. The van der Waals surface area contributed by atoms with Gasteiger partial charge >= 0.3 is 0 Å². The summed E-state index contributed by atoms with van der Waals surface area (Å²) < 4.78 is 2.00. The van der Waals surface area contributed by atoms with Crippen LogP contribution in [-0.2, 0) is 0 Å². The zero-order chi connectivity index (χ0) is 14.8. The molecule has 0 aliphatic rings. The Morgan fingerprint density at radius 1 is 1.29 bits per heavy atom. The number of fused-ring (bicyclic) bond motifs is 1. The fourth-order valence-corrected chi connectivity index (χ4v) is 2.46. The number of benzene rings is 1. The van der Waals surface area contributed by atoms with Gasteiger partial charge < -0.3 is 14.6 Å². The van der Waals surface area contributed by atoms with Gasteiger partial charge in [-0.1, -0.05) is 18.2 Å². The predicted molar refractivity (Wildman–Crippen MR) is 86.4 cm³/mol. The Bertz CT molecular complexity index is 762. The Kier molecular flexibility index (Phi) is 3.48. The number of anilines is 3. The lowest BCUT2D eigenvalue weighted by molar-refractivity contribution is 1.04. The summed E-state index contributed by atoms with van der Waals surface area (Å²) in [5.74, 6) is 1.69. The van der Waals surface area contributed by atoms with Gasteiger partial charge in [0.1, 0.15) is 5.82 Å². The second kappa shape index (κ2) is 5.44. The van der Waals surface area contributed by atoms with E-state index in [2.05, 4.69) is 41.2 Å². The van der Waals surface area contributed by atoms with Crippen molar-refractivity contribution in [2.45, 2.75) is 13.8 Å². The minimum absolute atomic E-state index is 0.834. The molecule has 0 aliphatic heterocycles. The van der Waals surface area contributed by atoms with Crippen molar-refractivity contribution in [1.29, 1.82) is 0 Å². The number of hydrogen-bond donors (Lipinski definition) is 1. The van der Waals surface area contributed by atoms with Crippen LogP contribution in [0.4, 0.5) is 17.3 Å². The molecule has 0 saturated heterocycles. The molecule has 0 aliphatic carbocycles. The minimum Gasteiger partial charge on any atom is -0.369 e. The Balaban J connectivity index is 2.14. The Labute approximate surface area is 124 Å².